The summed E-state index contributed by atoms with van der Waals surface area (Å²) in [6.45, 7) is -1.15. The molecule has 1 aromatic rings. The maximum Gasteiger partial charge on any atom is 0.387 e. The molecule has 0 spiro atoms. The summed E-state index contributed by atoms with van der Waals surface area (Å²) in [5.74, 6) is -1.78. The number of rotatable bonds is 6. The quantitative estimate of drug-likeness (QED) is 0.581. The highest BCUT2D eigenvalue weighted by Gasteiger charge is 2.11. The van der Waals surface area contributed by atoms with Gasteiger partial charge in [-0.25, -0.2) is 0 Å². The van der Waals surface area contributed by atoms with Crippen molar-refractivity contribution in [3.8, 4) is 17.6 Å². The van der Waals surface area contributed by atoms with Crippen molar-refractivity contribution in [1.29, 1.82) is 5.26 Å². The second-order valence-corrected chi connectivity index (χ2v) is 3.47. The van der Waals surface area contributed by atoms with E-state index in [1.54, 1.807) is 6.92 Å². The zero-order valence-corrected chi connectivity index (χ0v) is 10.4. The van der Waals surface area contributed by atoms with E-state index < -0.39 is 18.2 Å². The van der Waals surface area contributed by atoms with Gasteiger partial charge in [-0.05, 0) is 30.7 Å². The Balaban J connectivity index is 3.16. The van der Waals surface area contributed by atoms with Gasteiger partial charge in [-0.3, -0.25) is 0 Å². The fourth-order valence-electron chi connectivity index (χ4n) is 1.38. The summed E-state index contributed by atoms with van der Waals surface area (Å²) in [6, 6.07) is 5.27. The van der Waals surface area contributed by atoms with Crippen LogP contribution in [0.5, 0.6) is 11.5 Å². The van der Waals surface area contributed by atoms with Crippen LogP contribution in [0.15, 0.2) is 23.8 Å². The fraction of sp³-hybridized carbons (Fsp3) is 0.231. The number of aliphatic carboxylic acids is 1. The van der Waals surface area contributed by atoms with Gasteiger partial charge >= 0.3 is 6.61 Å². The first kappa shape index (κ1) is 15.4. The monoisotopic (exact) mass is 282 g/mol. The van der Waals surface area contributed by atoms with Gasteiger partial charge in [0.1, 0.15) is 6.07 Å². The van der Waals surface area contributed by atoms with Crippen LogP contribution in [0.1, 0.15) is 12.5 Å². The lowest BCUT2D eigenvalue weighted by molar-refractivity contribution is -0.298. The van der Waals surface area contributed by atoms with E-state index in [4.69, 9.17) is 10.00 Å². The van der Waals surface area contributed by atoms with Gasteiger partial charge in [0.2, 0.25) is 0 Å². The molecule has 0 atom stereocenters. The van der Waals surface area contributed by atoms with E-state index in [2.05, 4.69) is 4.74 Å². The van der Waals surface area contributed by atoms with E-state index in [1.165, 1.54) is 24.3 Å². The molecule has 0 unspecified atom stereocenters. The Labute approximate surface area is 113 Å². The molecule has 0 aliphatic heterocycles. The Kier molecular flexibility index (Phi) is 5.47. The number of alkyl halides is 2. The summed E-state index contributed by atoms with van der Waals surface area (Å²) < 4.78 is 33.8. The van der Waals surface area contributed by atoms with Crippen LogP contribution in [0.4, 0.5) is 8.78 Å². The molecule has 1 rings (SSSR count). The van der Waals surface area contributed by atoms with Crippen LogP contribution in [-0.2, 0) is 4.79 Å². The smallest absolute Gasteiger partial charge is 0.387 e. The van der Waals surface area contributed by atoms with Crippen molar-refractivity contribution in [2.75, 3.05) is 6.61 Å². The van der Waals surface area contributed by atoms with Crippen molar-refractivity contribution in [3.63, 3.8) is 0 Å². The van der Waals surface area contributed by atoms with Gasteiger partial charge in [0.15, 0.2) is 11.5 Å². The third kappa shape index (κ3) is 4.24. The molecule has 0 heterocycles. The number of ether oxygens (including phenoxy) is 2. The minimum absolute atomic E-state index is 0.0252. The number of nitriles is 1. The maximum atomic E-state index is 12.2. The van der Waals surface area contributed by atoms with Crippen LogP contribution in [0.25, 0.3) is 6.08 Å². The average Bonchev–Trinajstić information content (AvgIpc) is 2.38. The second kappa shape index (κ2) is 7.09. The summed E-state index contributed by atoms with van der Waals surface area (Å²) in [5.41, 5.74) is -0.300. The third-order valence-electron chi connectivity index (χ3n) is 2.14. The minimum atomic E-state index is -3.01. The number of halogens is 2. The average molecular weight is 282 g/mol. The molecule has 0 saturated heterocycles. The topological polar surface area (TPSA) is 82.4 Å². The van der Waals surface area contributed by atoms with Crippen LogP contribution in [-0.4, -0.2) is 19.2 Å². The highest BCUT2D eigenvalue weighted by atomic mass is 19.3. The minimum Gasteiger partial charge on any atom is -0.544 e. The van der Waals surface area contributed by atoms with Gasteiger partial charge in [0.05, 0.1) is 18.1 Å². The molecule has 5 nitrogen and oxygen atoms in total. The molecule has 1 aromatic carbocycles. The first-order chi connectivity index (χ1) is 9.47. The Morgan fingerprint density at radius 2 is 2.20 bits per heavy atom. The molecule has 0 N–H and O–H groups in total. The summed E-state index contributed by atoms with van der Waals surface area (Å²) in [5, 5.41) is 19.2. The summed E-state index contributed by atoms with van der Waals surface area (Å²) in [6.07, 6.45) is 1.05. The normalized spacial score (nSPS) is 11.1. The van der Waals surface area contributed by atoms with Gasteiger partial charge in [0, 0.05) is 0 Å². The van der Waals surface area contributed by atoms with E-state index >= 15 is 0 Å². The Bertz CT molecular complexity index is 564. The molecule has 7 heteroatoms. The number of hydrogen-bond acceptors (Lipinski definition) is 5. The van der Waals surface area contributed by atoms with E-state index in [9.17, 15) is 18.7 Å². The van der Waals surface area contributed by atoms with Gasteiger partial charge < -0.3 is 19.4 Å². The predicted molar refractivity (Wildman–Crippen MR) is 62.8 cm³/mol. The lowest BCUT2D eigenvalue weighted by atomic mass is 10.1. The SMILES string of the molecule is CCOc1cc(/C=C(\C#N)C(=O)[O-])ccc1OC(F)F. The first-order valence-electron chi connectivity index (χ1n) is 5.52. The zero-order chi connectivity index (χ0) is 15.1. The molecule has 106 valence electrons. The van der Waals surface area contributed by atoms with Crippen molar-refractivity contribution in [1.82, 2.24) is 0 Å². The largest absolute Gasteiger partial charge is 0.544 e. The van der Waals surface area contributed by atoms with Crippen molar-refractivity contribution in [3.05, 3.63) is 29.3 Å². The van der Waals surface area contributed by atoms with Gasteiger partial charge in [0.25, 0.3) is 0 Å². The number of carboxylic acids is 1. The highest BCUT2D eigenvalue weighted by molar-refractivity contribution is 5.95. The number of nitrogens with zero attached hydrogens (tertiary/aromatic N) is 1. The molecule has 0 bridgehead atoms. The van der Waals surface area contributed by atoms with Gasteiger partial charge in [-0.15, -0.1) is 0 Å². The molecular weight excluding hydrogens is 272 g/mol. The van der Waals surface area contributed by atoms with E-state index in [1.807, 2.05) is 0 Å². The van der Waals surface area contributed by atoms with Crippen molar-refractivity contribution < 1.29 is 28.2 Å². The first-order valence-corrected chi connectivity index (χ1v) is 5.52. The molecular formula is C13H10F2NO4-. The molecule has 0 radical (unpaired) electrons. The number of hydrogen-bond donors (Lipinski definition) is 0. The lowest BCUT2D eigenvalue weighted by Gasteiger charge is -2.12. The highest BCUT2D eigenvalue weighted by Crippen LogP contribution is 2.30. The van der Waals surface area contributed by atoms with Crippen molar-refractivity contribution in [2.45, 2.75) is 13.5 Å². The number of benzene rings is 1. The van der Waals surface area contributed by atoms with Crippen LogP contribution >= 0.6 is 0 Å². The van der Waals surface area contributed by atoms with E-state index in [0.717, 1.165) is 6.08 Å². The summed E-state index contributed by atoms with van der Waals surface area (Å²) >= 11 is 0. The predicted octanol–water partition coefficient (Wildman–Crippen LogP) is 1.34. The molecule has 0 aliphatic carbocycles. The molecule has 20 heavy (non-hydrogen) atoms. The van der Waals surface area contributed by atoms with Gasteiger partial charge in [-0.2, -0.15) is 14.0 Å². The van der Waals surface area contributed by atoms with Crippen LogP contribution in [0.3, 0.4) is 0 Å². The van der Waals surface area contributed by atoms with Gasteiger partial charge in [-0.1, -0.05) is 6.07 Å². The molecule has 0 aromatic heterocycles. The second-order valence-electron chi connectivity index (χ2n) is 3.47. The summed E-state index contributed by atoms with van der Waals surface area (Å²) in [4.78, 5) is 10.6. The fourth-order valence-corrected chi connectivity index (χ4v) is 1.38. The van der Waals surface area contributed by atoms with Crippen LogP contribution < -0.4 is 14.6 Å². The third-order valence-corrected chi connectivity index (χ3v) is 2.14. The van der Waals surface area contributed by atoms with Crippen molar-refractivity contribution >= 4 is 12.0 Å². The lowest BCUT2D eigenvalue weighted by Crippen LogP contribution is -2.23. The van der Waals surface area contributed by atoms with Crippen LogP contribution in [0.2, 0.25) is 0 Å². The summed E-state index contributed by atoms with van der Waals surface area (Å²) in [7, 11) is 0. The zero-order valence-electron chi connectivity index (χ0n) is 10.4. The Morgan fingerprint density at radius 1 is 1.50 bits per heavy atom. The number of carbonyl (C=O) groups is 1. The Morgan fingerprint density at radius 3 is 2.70 bits per heavy atom. The van der Waals surface area contributed by atoms with Crippen molar-refractivity contribution in [2.24, 2.45) is 0 Å². The molecule has 0 saturated carbocycles. The molecule has 0 fully saturated rings. The standard InChI is InChI=1S/C13H11F2NO4/c1-2-19-11-6-8(5-9(7-16)12(17)18)3-4-10(11)20-13(14)15/h3-6,13H,2H2,1H3,(H,17,18)/p-1/b9-5+. The molecule has 0 amide bonds. The van der Waals surface area contributed by atoms with Crippen LogP contribution in [0, 0.1) is 11.3 Å². The van der Waals surface area contributed by atoms with E-state index in [-0.39, 0.29) is 23.7 Å². The maximum absolute atomic E-state index is 12.2. The van der Waals surface area contributed by atoms with E-state index in [0.29, 0.717) is 0 Å². The number of carbonyl (C=O) groups excluding carboxylic acids is 1. The Hall–Kier alpha value is -2.62. The number of carboxylic acid groups (broad SMARTS) is 1. The molecule has 0 aliphatic rings.